The second kappa shape index (κ2) is 6.17. The maximum Gasteiger partial charge on any atom is 0.293 e. The molecule has 0 unspecified atom stereocenters. The Hall–Kier alpha value is -3.02. The molecule has 0 aliphatic heterocycles. The number of rotatable bonds is 5. The quantitative estimate of drug-likeness (QED) is 0.786. The number of ether oxygens (including phenoxy) is 1. The first-order chi connectivity index (χ1) is 10.7. The number of imidazole rings is 1. The Bertz CT molecular complexity index is 762. The van der Waals surface area contributed by atoms with Gasteiger partial charge >= 0.3 is 0 Å². The van der Waals surface area contributed by atoms with Crippen LogP contribution in [0.2, 0.25) is 0 Å². The van der Waals surface area contributed by atoms with Crippen LogP contribution in [0.15, 0.2) is 59.3 Å². The van der Waals surface area contributed by atoms with Gasteiger partial charge in [-0.2, -0.15) is 0 Å². The van der Waals surface area contributed by atoms with E-state index in [0.717, 1.165) is 5.75 Å². The van der Waals surface area contributed by atoms with Gasteiger partial charge in [0.1, 0.15) is 18.1 Å². The number of hydrogen-bond acceptors (Lipinski definition) is 4. The smallest absolute Gasteiger partial charge is 0.293 e. The predicted molar refractivity (Wildman–Crippen MR) is 80.6 cm³/mol. The van der Waals surface area contributed by atoms with E-state index in [2.05, 4.69) is 10.3 Å². The number of anilines is 1. The van der Waals surface area contributed by atoms with Gasteiger partial charge < -0.3 is 13.7 Å². The lowest BCUT2D eigenvalue weighted by Gasteiger charge is -2.04. The van der Waals surface area contributed by atoms with Crippen molar-refractivity contribution in [2.24, 2.45) is 7.05 Å². The highest BCUT2D eigenvalue weighted by atomic mass is 16.5. The van der Waals surface area contributed by atoms with E-state index in [1.54, 1.807) is 36.1 Å². The molecule has 0 saturated carbocycles. The lowest BCUT2D eigenvalue weighted by Crippen LogP contribution is -2.14. The molecule has 1 N–H and O–H groups in total. The van der Waals surface area contributed by atoms with Gasteiger partial charge in [-0.05, 0) is 24.3 Å². The zero-order chi connectivity index (χ0) is 15.4. The molecule has 3 aromatic rings. The summed E-state index contributed by atoms with van der Waals surface area (Å²) in [7, 11) is 1.80. The van der Waals surface area contributed by atoms with Gasteiger partial charge in [0.2, 0.25) is 5.95 Å². The summed E-state index contributed by atoms with van der Waals surface area (Å²) >= 11 is 0. The van der Waals surface area contributed by atoms with Crippen molar-refractivity contribution in [3.05, 3.63) is 66.4 Å². The van der Waals surface area contributed by atoms with Crippen molar-refractivity contribution in [1.29, 1.82) is 0 Å². The number of furan rings is 1. The number of nitrogens with one attached hydrogen (secondary N) is 1. The van der Waals surface area contributed by atoms with Crippen LogP contribution in [0.25, 0.3) is 0 Å². The van der Waals surface area contributed by atoms with Crippen LogP contribution in [0.4, 0.5) is 5.95 Å². The van der Waals surface area contributed by atoms with Crippen LogP contribution in [-0.4, -0.2) is 15.5 Å². The van der Waals surface area contributed by atoms with Gasteiger partial charge in [0.05, 0.1) is 0 Å². The Kier molecular flexibility index (Phi) is 3.91. The highest BCUT2D eigenvalue weighted by molar-refractivity contribution is 6.01. The van der Waals surface area contributed by atoms with E-state index >= 15 is 0 Å². The Morgan fingerprint density at radius 1 is 1.27 bits per heavy atom. The summed E-state index contributed by atoms with van der Waals surface area (Å²) in [4.78, 5) is 16.1. The average molecular weight is 297 g/mol. The van der Waals surface area contributed by atoms with Gasteiger partial charge in [-0.25, -0.2) is 4.98 Å². The fourth-order valence-electron chi connectivity index (χ4n) is 1.90. The van der Waals surface area contributed by atoms with Crippen LogP contribution < -0.4 is 10.1 Å². The van der Waals surface area contributed by atoms with Crippen molar-refractivity contribution in [2.75, 3.05) is 5.32 Å². The van der Waals surface area contributed by atoms with Gasteiger partial charge in [-0.15, -0.1) is 0 Å². The third-order valence-corrected chi connectivity index (χ3v) is 3.06. The van der Waals surface area contributed by atoms with Crippen LogP contribution in [0.1, 0.15) is 16.3 Å². The van der Waals surface area contributed by atoms with Gasteiger partial charge in [-0.1, -0.05) is 18.2 Å². The van der Waals surface area contributed by atoms with E-state index in [0.29, 0.717) is 11.7 Å². The molecule has 1 amide bonds. The highest BCUT2D eigenvalue weighted by Gasteiger charge is 2.13. The zero-order valence-corrected chi connectivity index (χ0v) is 12.0. The molecule has 6 nitrogen and oxygen atoms in total. The van der Waals surface area contributed by atoms with Crippen molar-refractivity contribution < 1.29 is 13.9 Å². The van der Waals surface area contributed by atoms with Crippen LogP contribution >= 0.6 is 0 Å². The second-order valence-electron chi connectivity index (χ2n) is 4.68. The molecule has 1 aromatic carbocycles. The molecule has 112 valence electrons. The first-order valence-corrected chi connectivity index (χ1v) is 6.77. The van der Waals surface area contributed by atoms with Crippen molar-refractivity contribution in [2.45, 2.75) is 6.61 Å². The number of benzene rings is 1. The van der Waals surface area contributed by atoms with E-state index < -0.39 is 0 Å². The minimum absolute atomic E-state index is 0.217. The van der Waals surface area contributed by atoms with E-state index in [4.69, 9.17) is 9.15 Å². The fourth-order valence-corrected chi connectivity index (χ4v) is 1.90. The van der Waals surface area contributed by atoms with Crippen LogP contribution in [0.5, 0.6) is 5.75 Å². The van der Waals surface area contributed by atoms with Gasteiger partial charge in [0.15, 0.2) is 5.76 Å². The van der Waals surface area contributed by atoms with Crippen LogP contribution in [0.3, 0.4) is 0 Å². The summed E-state index contributed by atoms with van der Waals surface area (Å²) in [6, 6.07) is 12.7. The lowest BCUT2D eigenvalue weighted by molar-refractivity contribution is 0.0991. The van der Waals surface area contributed by atoms with E-state index in [1.165, 1.54) is 0 Å². The fraction of sp³-hybridized carbons (Fsp3) is 0.125. The minimum Gasteiger partial charge on any atom is -0.486 e. The molecule has 0 atom stereocenters. The van der Waals surface area contributed by atoms with Crippen molar-refractivity contribution in [1.82, 2.24) is 9.55 Å². The number of aromatic nitrogens is 2. The van der Waals surface area contributed by atoms with Crippen LogP contribution in [-0.2, 0) is 13.7 Å². The summed E-state index contributed by atoms with van der Waals surface area (Å²) in [5.41, 5.74) is 0. The van der Waals surface area contributed by atoms with Gasteiger partial charge in [-0.3, -0.25) is 10.1 Å². The standard InChI is InChI=1S/C16H15N3O3/c1-19-10-9-17-16(19)18-15(20)14-8-7-13(22-14)11-21-12-5-3-2-4-6-12/h2-10H,11H2,1H3,(H,17,18,20). The van der Waals surface area contributed by atoms with Crippen molar-refractivity contribution >= 4 is 11.9 Å². The summed E-state index contributed by atoms with van der Waals surface area (Å²) in [5.74, 6) is 1.66. The minimum atomic E-state index is -0.347. The monoisotopic (exact) mass is 297 g/mol. The van der Waals surface area contributed by atoms with Crippen molar-refractivity contribution in [3.63, 3.8) is 0 Å². The molecule has 0 saturated heterocycles. The third-order valence-electron chi connectivity index (χ3n) is 3.06. The summed E-state index contributed by atoms with van der Waals surface area (Å²) in [6.45, 7) is 0.264. The largest absolute Gasteiger partial charge is 0.486 e. The molecule has 0 radical (unpaired) electrons. The molecule has 3 rings (SSSR count). The Morgan fingerprint density at radius 3 is 2.82 bits per heavy atom. The van der Waals surface area contributed by atoms with Crippen LogP contribution in [0, 0.1) is 0 Å². The number of para-hydroxylation sites is 1. The van der Waals surface area contributed by atoms with Crippen molar-refractivity contribution in [3.8, 4) is 5.75 Å². The molecule has 22 heavy (non-hydrogen) atoms. The Balaban J connectivity index is 1.61. The predicted octanol–water partition coefficient (Wildman–Crippen LogP) is 2.84. The molecule has 0 aliphatic carbocycles. The number of amides is 1. The SMILES string of the molecule is Cn1ccnc1NC(=O)c1ccc(COc2ccccc2)o1. The molecule has 2 heterocycles. The van der Waals surface area contributed by atoms with Gasteiger partial charge in [0.25, 0.3) is 5.91 Å². The first kappa shape index (κ1) is 13.9. The number of hydrogen-bond donors (Lipinski definition) is 1. The first-order valence-electron chi connectivity index (χ1n) is 6.77. The van der Waals surface area contributed by atoms with E-state index in [-0.39, 0.29) is 18.3 Å². The molecule has 0 spiro atoms. The molecular formula is C16H15N3O3. The number of aryl methyl sites for hydroxylation is 1. The number of carbonyl (C=O) groups is 1. The number of carbonyl (C=O) groups excluding carboxylic acids is 1. The summed E-state index contributed by atoms with van der Waals surface area (Å²) < 4.78 is 12.8. The normalized spacial score (nSPS) is 10.4. The second-order valence-corrected chi connectivity index (χ2v) is 4.68. The summed E-state index contributed by atoms with van der Waals surface area (Å²) in [6.07, 6.45) is 3.35. The van der Waals surface area contributed by atoms with E-state index in [9.17, 15) is 4.79 Å². The molecular weight excluding hydrogens is 282 g/mol. The molecule has 0 bridgehead atoms. The summed E-state index contributed by atoms with van der Waals surface area (Å²) in [5, 5.41) is 2.67. The third kappa shape index (κ3) is 3.17. The molecule has 6 heteroatoms. The maximum absolute atomic E-state index is 12.1. The lowest BCUT2D eigenvalue weighted by atomic mass is 10.3. The van der Waals surface area contributed by atoms with E-state index in [1.807, 2.05) is 30.3 Å². The van der Waals surface area contributed by atoms with Gasteiger partial charge in [0, 0.05) is 19.4 Å². The topological polar surface area (TPSA) is 69.3 Å². The molecule has 2 aromatic heterocycles. The molecule has 0 aliphatic rings. The molecule has 0 fully saturated rings. The number of nitrogens with zero attached hydrogens (tertiary/aromatic N) is 2. The maximum atomic E-state index is 12.1. The zero-order valence-electron chi connectivity index (χ0n) is 12.0. The Morgan fingerprint density at radius 2 is 2.09 bits per heavy atom. The Labute approximate surface area is 127 Å². The average Bonchev–Trinajstić information content (AvgIpc) is 3.16. The highest BCUT2D eigenvalue weighted by Crippen LogP contribution is 2.14.